The fourth-order valence-electron chi connectivity index (χ4n) is 2.93. The molecule has 2 N–H and O–H groups in total. The van der Waals surface area contributed by atoms with Crippen molar-refractivity contribution in [2.75, 3.05) is 32.7 Å². The van der Waals surface area contributed by atoms with E-state index in [2.05, 4.69) is 39.6 Å². The van der Waals surface area contributed by atoms with E-state index in [1.807, 2.05) is 23.5 Å². The van der Waals surface area contributed by atoms with E-state index in [0.717, 1.165) is 50.8 Å². The van der Waals surface area contributed by atoms with E-state index in [9.17, 15) is 5.11 Å². The van der Waals surface area contributed by atoms with Crippen molar-refractivity contribution in [1.29, 1.82) is 0 Å². The Bertz CT molecular complexity index is 667. The van der Waals surface area contributed by atoms with Crippen molar-refractivity contribution in [2.45, 2.75) is 20.0 Å². The SMILES string of the molecule is CCNC(=NCc1ccc(O)cc1)N1CCN(Cc2cccs2)CC1.I. The molecule has 1 fully saturated rings. The summed E-state index contributed by atoms with van der Waals surface area (Å²) in [5.74, 6) is 1.27. The molecule has 0 radical (unpaired) electrons. The first-order valence-electron chi connectivity index (χ1n) is 8.80. The number of hydrogen-bond donors (Lipinski definition) is 2. The van der Waals surface area contributed by atoms with E-state index in [-0.39, 0.29) is 24.0 Å². The molecule has 1 aromatic carbocycles. The van der Waals surface area contributed by atoms with E-state index >= 15 is 0 Å². The Morgan fingerprint density at radius 1 is 1.15 bits per heavy atom. The monoisotopic (exact) mass is 486 g/mol. The van der Waals surface area contributed by atoms with Gasteiger partial charge in [-0.3, -0.25) is 4.90 Å². The van der Waals surface area contributed by atoms with E-state index < -0.39 is 0 Å². The molecule has 1 aliphatic rings. The molecule has 1 saturated heterocycles. The van der Waals surface area contributed by atoms with Crippen molar-refractivity contribution < 1.29 is 5.11 Å². The molecule has 1 aliphatic heterocycles. The van der Waals surface area contributed by atoms with Crippen LogP contribution in [0.1, 0.15) is 17.4 Å². The molecule has 3 rings (SSSR count). The summed E-state index contributed by atoms with van der Waals surface area (Å²) in [5, 5.41) is 14.9. The van der Waals surface area contributed by atoms with Gasteiger partial charge in [0.05, 0.1) is 6.54 Å². The van der Waals surface area contributed by atoms with Gasteiger partial charge in [0.1, 0.15) is 5.75 Å². The third kappa shape index (κ3) is 6.14. The molecule has 5 nitrogen and oxygen atoms in total. The fourth-order valence-corrected chi connectivity index (χ4v) is 3.68. The van der Waals surface area contributed by atoms with Crippen LogP contribution >= 0.6 is 35.3 Å². The maximum Gasteiger partial charge on any atom is 0.194 e. The van der Waals surface area contributed by atoms with Crippen LogP contribution in [0.25, 0.3) is 0 Å². The van der Waals surface area contributed by atoms with Crippen LogP contribution in [-0.4, -0.2) is 53.6 Å². The third-order valence-corrected chi connectivity index (χ3v) is 5.18. The summed E-state index contributed by atoms with van der Waals surface area (Å²) >= 11 is 1.83. The summed E-state index contributed by atoms with van der Waals surface area (Å²) in [6.45, 7) is 8.74. The molecule has 0 amide bonds. The standard InChI is InChI=1S/C19H26N4OS.HI/c1-2-20-19(21-14-16-5-7-17(24)8-6-16)23-11-9-22(10-12-23)15-18-4-3-13-25-18;/h3-8,13,24H,2,9-12,14-15H2,1H3,(H,20,21);1H. The number of nitrogens with one attached hydrogen (secondary N) is 1. The number of halogens is 1. The van der Waals surface area contributed by atoms with Gasteiger partial charge >= 0.3 is 0 Å². The van der Waals surface area contributed by atoms with Gasteiger partial charge < -0.3 is 15.3 Å². The predicted molar refractivity (Wildman–Crippen MR) is 120 cm³/mol. The number of thiophene rings is 1. The van der Waals surface area contributed by atoms with Crippen LogP contribution in [0.4, 0.5) is 0 Å². The minimum Gasteiger partial charge on any atom is -0.508 e. The Hall–Kier alpha value is -1.32. The molecular formula is C19H27IN4OS. The number of aliphatic imine (C=N–C) groups is 1. The highest BCUT2D eigenvalue weighted by molar-refractivity contribution is 14.0. The Labute approximate surface area is 176 Å². The first-order valence-corrected chi connectivity index (χ1v) is 9.68. The second-order valence-corrected chi connectivity index (χ2v) is 7.21. The molecule has 0 atom stereocenters. The Kier molecular flexibility index (Phi) is 8.67. The Morgan fingerprint density at radius 2 is 1.88 bits per heavy atom. The summed E-state index contributed by atoms with van der Waals surface area (Å²) in [6.07, 6.45) is 0. The van der Waals surface area contributed by atoms with Crippen molar-refractivity contribution in [3.05, 3.63) is 52.2 Å². The lowest BCUT2D eigenvalue weighted by Crippen LogP contribution is -2.52. The quantitative estimate of drug-likeness (QED) is 0.387. The Morgan fingerprint density at radius 3 is 2.50 bits per heavy atom. The molecule has 26 heavy (non-hydrogen) atoms. The van der Waals surface area contributed by atoms with Crippen LogP contribution in [0.2, 0.25) is 0 Å². The normalized spacial score (nSPS) is 15.6. The van der Waals surface area contributed by atoms with E-state index in [1.165, 1.54) is 4.88 Å². The van der Waals surface area contributed by atoms with Crippen molar-refractivity contribution >= 4 is 41.3 Å². The van der Waals surface area contributed by atoms with Gasteiger partial charge in [-0.2, -0.15) is 0 Å². The average molecular weight is 486 g/mol. The van der Waals surface area contributed by atoms with Gasteiger partial charge in [0.15, 0.2) is 5.96 Å². The lowest BCUT2D eigenvalue weighted by atomic mass is 10.2. The number of benzene rings is 1. The highest BCUT2D eigenvalue weighted by Crippen LogP contribution is 2.14. The van der Waals surface area contributed by atoms with Gasteiger partial charge in [0.2, 0.25) is 0 Å². The molecule has 2 aromatic rings. The van der Waals surface area contributed by atoms with E-state index in [1.54, 1.807) is 12.1 Å². The van der Waals surface area contributed by atoms with Crippen LogP contribution in [-0.2, 0) is 13.1 Å². The maximum absolute atomic E-state index is 9.38. The molecule has 0 spiro atoms. The third-order valence-electron chi connectivity index (χ3n) is 4.31. The number of phenols is 1. The second kappa shape index (κ2) is 10.7. The number of aromatic hydroxyl groups is 1. The number of piperazine rings is 1. The smallest absolute Gasteiger partial charge is 0.194 e. The Balaban J connectivity index is 0.00000243. The second-order valence-electron chi connectivity index (χ2n) is 6.18. The summed E-state index contributed by atoms with van der Waals surface area (Å²) in [4.78, 5) is 11.1. The van der Waals surface area contributed by atoms with Crippen molar-refractivity contribution in [3.63, 3.8) is 0 Å². The van der Waals surface area contributed by atoms with Gasteiger partial charge in [-0.15, -0.1) is 35.3 Å². The van der Waals surface area contributed by atoms with Crippen LogP contribution in [0.15, 0.2) is 46.8 Å². The maximum atomic E-state index is 9.38. The van der Waals surface area contributed by atoms with Crippen molar-refractivity contribution in [3.8, 4) is 5.75 Å². The topological polar surface area (TPSA) is 51.1 Å². The van der Waals surface area contributed by atoms with Crippen molar-refractivity contribution in [1.82, 2.24) is 15.1 Å². The fraction of sp³-hybridized carbons (Fsp3) is 0.421. The lowest BCUT2D eigenvalue weighted by Gasteiger charge is -2.36. The zero-order valence-electron chi connectivity index (χ0n) is 15.1. The predicted octanol–water partition coefficient (Wildman–Crippen LogP) is 3.36. The first-order chi connectivity index (χ1) is 12.2. The largest absolute Gasteiger partial charge is 0.508 e. The first kappa shape index (κ1) is 21.0. The zero-order chi connectivity index (χ0) is 17.5. The van der Waals surface area contributed by atoms with Gasteiger partial charge in [-0.1, -0.05) is 18.2 Å². The molecule has 7 heteroatoms. The summed E-state index contributed by atoms with van der Waals surface area (Å²) in [7, 11) is 0. The molecule has 0 aliphatic carbocycles. The molecule has 1 aromatic heterocycles. The van der Waals surface area contributed by atoms with Gasteiger partial charge in [0.25, 0.3) is 0 Å². The molecule has 0 saturated carbocycles. The van der Waals surface area contributed by atoms with Crippen LogP contribution in [0.5, 0.6) is 5.75 Å². The summed E-state index contributed by atoms with van der Waals surface area (Å²) in [6, 6.07) is 11.6. The number of nitrogens with zero attached hydrogens (tertiary/aromatic N) is 3. The number of rotatable bonds is 5. The lowest BCUT2D eigenvalue weighted by molar-refractivity contribution is 0.173. The molecular weight excluding hydrogens is 459 g/mol. The summed E-state index contributed by atoms with van der Waals surface area (Å²) < 4.78 is 0. The van der Waals surface area contributed by atoms with Crippen molar-refractivity contribution in [2.24, 2.45) is 4.99 Å². The van der Waals surface area contributed by atoms with E-state index in [4.69, 9.17) is 4.99 Å². The molecule has 0 unspecified atom stereocenters. The van der Waals surface area contributed by atoms with Crippen LogP contribution < -0.4 is 5.32 Å². The molecule has 0 bridgehead atoms. The number of hydrogen-bond acceptors (Lipinski definition) is 4. The molecule has 2 heterocycles. The average Bonchev–Trinajstić information content (AvgIpc) is 3.14. The summed E-state index contributed by atoms with van der Waals surface area (Å²) in [5.41, 5.74) is 1.10. The minimum absolute atomic E-state index is 0. The highest BCUT2D eigenvalue weighted by atomic mass is 127. The zero-order valence-corrected chi connectivity index (χ0v) is 18.2. The highest BCUT2D eigenvalue weighted by Gasteiger charge is 2.19. The van der Waals surface area contributed by atoms with Gasteiger partial charge in [-0.25, -0.2) is 4.99 Å². The number of phenolic OH excluding ortho intramolecular Hbond substituents is 1. The molecule has 142 valence electrons. The van der Waals surface area contributed by atoms with Crippen LogP contribution in [0, 0.1) is 0 Å². The minimum atomic E-state index is 0. The van der Waals surface area contributed by atoms with Gasteiger partial charge in [0, 0.05) is 44.1 Å². The van der Waals surface area contributed by atoms with Gasteiger partial charge in [-0.05, 0) is 36.1 Å². The van der Waals surface area contributed by atoms with Crippen LogP contribution in [0.3, 0.4) is 0 Å². The number of guanidine groups is 1. The van der Waals surface area contributed by atoms with E-state index in [0.29, 0.717) is 12.3 Å².